The van der Waals surface area contributed by atoms with Gasteiger partial charge in [0.15, 0.2) is 6.61 Å². The fourth-order valence-corrected chi connectivity index (χ4v) is 3.26. The summed E-state index contributed by atoms with van der Waals surface area (Å²) in [5.41, 5.74) is 0.412. The Balaban J connectivity index is 1.54. The van der Waals surface area contributed by atoms with Crippen LogP contribution in [0.3, 0.4) is 0 Å². The zero-order valence-electron chi connectivity index (χ0n) is 16.3. The van der Waals surface area contributed by atoms with Gasteiger partial charge in [0.25, 0.3) is 5.91 Å². The quantitative estimate of drug-likeness (QED) is 0.687. The van der Waals surface area contributed by atoms with Crippen LogP contribution in [-0.4, -0.2) is 30.9 Å². The molecule has 2 aromatic rings. The van der Waals surface area contributed by atoms with Crippen LogP contribution >= 0.6 is 11.6 Å². The molecule has 1 saturated heterocycles. The molecule has 1 aliphatic rings. The van der Waals surface area contributed by atoms with Crippen molar-refractivity contribution < 1.29 is 32.3 Å². The highest BCUT2D eigenvalue weighted by atomic mass is 35.5. The molecule has 0 radical (unpaired) electrons. The number of alkyl halides is 3. The van der Waals surface area contributed by atoms with E-state index in [9.17, 15) is 27.6 Å². The van der Waals surface area contributed by atoms with E-state index < -0.39 is 36.1 Å². The van der Waals surface area contributed by atoms with Crippen molar-refractivity contribution in [3.8, 4) is 0 Å². The largest absolute Gasteiger partial charge is 0.455 e. The highest BCUT2D eigenvalue weighted by molar-refractivity contribution is 6.31. The van der Waals surface area contributed by atoms with Crippen molar-refractivity contribution >= 4 is 40.8 Å². The van der Waals surface area contributed by atoms with E-state index in [1.165, 1.54) is 11.0 Å². The Hall–Kier alpha value is -3.07. The minimum absolute atomic E-state index is 0.0747. The minimum atomic E-state index is -4.55. The number of benzene rings is 2. The van der Waals surface area contributed by atoms with Crippen molar-refractivity contribution in [3.63, 3.8) is 0 Å². The van der Waals surface area contributed by atoms with Crippen molar-refractivity contribution in [3.05, 3.63) is 58.6 Å². The molecule has 0 unspecified atom stereocenters. The third kappa shape index (κ3) is 5.55. The topological polar surface area (TPSA) is 75.7 Å². The van der Waals surface area contributed by atoms with Crippen LogP contribution in [-0.2, 0) is 25.3 Å². The van der Waals surface area contributed by atoms with Crippen molar-refractivity contribution in [1.29, 1.82) is 0 Å². The second kappa shape index (κ2) is 8.97. The number of hydrogen-bond donors (Lipinski definition) is 1. The summed E-state index contributed by atoms with van der Waals surface area (Å²) in [6, 6.07) is 9.20. The van der Waals surface area contributed by atoms with E-state index in [1.54, 1.807) is 18.2 Å². The third-order valence-corrected chi connectivity index (χ3v) is 5.15. The Labute approximate surface area is 180 Å². The molecule has 0 saturated carbocycles. The standard InChI is InChI=1S/C21H18ClF3N2O4/c1-12-5-6-16(9-17(12)22)27-10-13(7-19(27)29)20(30)31-11-18(28)26-15-4-2-3-14(8-15)21(23,24)25/h2-6,8-9,13H,7,10-11H2,1H3,(H,26,28)/t13-/m0/s1. The fraction of sp³-hybridized carbons (Fsp3) is 0.286. The maximum Gasteiger partial charge on any atom is 0.416 e. The molecule has 6 nitrogen and oxygen atoms in total. The number of rotatable bonds is 5. The SMILES string of the molecule is Cc1ccc(N2C[C@@H](C(=O)OCC(=O)Nc3cccc(C(F)(F)F)c3)CC2=O)cc1Cl. The Morgan fingerprint density at radius 3 is 2.65 bits per heavy atom. The number of carbonyl (C=O) groups excluding carboxylic acids is 3. The maximum absolute atomic E-state index is 12.7. The number of nitrogens with zero attached hydrogens (tertiary/aromatic N) is 1. The molecule has 31 heavy (non-hydrogen) atoms. The van der Waals surface area contributed by atoms with Gasteiger partial charge in [0.1, 0.15) is 0 Å². The first-order valence-electron chi connectivity index (χ1n) is 9.25. The highest BCUT2D eigenvalue weighted by Crippen LogP contribution is 2.31. The predicted molar refractivity (Wildman–Crippen MR) is 108 cm³/mol. The normalized spacial score (nSPS) is 16.4. The summed E-state index contributed by atoms with van der Waals surface area (Å²) >= 11 is 6.09. The molecule has 0 aliphatic carbocycles. The van der Waals surface area contributed by atoms with E-state index in [0.717, 1.165) is 23.8 Å². The molecule has 1 N–H and O–H groups in total. The summed E-state index contributed by atoms with van der Waals surface area (Å²) in [6.07, 6.45) is -4.63. The van der Waals surface area contributed by atoms with E-state index in [1.807, 2.05) is 6.92 Å². The van der Waals surface area contributed by atoms with Crippen LogP contribution in [0.15, 0.2) is 42.5 Å². The predicted octanol–water partition coefficient (Wildman–Crippen LogP) is 4.20. The number of halogens is 4. The van der Waals surface area contributed by atoms with Crippen molar-refractivity contribution in [2.45, 2.75) is 19.5 Å². The number of ether oxygens (including phenoxy) is 1. The van der Waals surface area contributed by atoms with Crippen LogP contribution in [0.2, 0.25) is 5.02 Å². The van der Waals surface area contributed by atoms with E-state index >= 15 is 0 Å². The minimum Gasteiger partial charge on any atom is -0.455 e. The lowest BCUT2D eigenvalue weighted by molar-refractivity contribution is -0.151. The number of hydrogen-bond acceptors (Lipinski definition) is 4. The number of aryl methyl sites for hydroxylation is 1. The lowest BCUT2D eigenvalue weighted by Crippen LogP contribution is -2.28. The molecule has 0 bridgehead atoms. The molecular weight excluding hydrogens is 437 g/mol. The van der Waals surface area contributed by atoms with Gasteiger partial charge in [0, 0.05) is 29.4 Å². The van der Waals surface area contributed by atoms with Crippen molar-refractivity contribution in [1.82, 2.24) is 0 Å². The number of esters is 1. The lowest BCUT2D eigenvalue weighted by Gasteiger charge is -2.17. The van der Waals surface area contributed by atoms with Gasteiger partial charge in [-0.1, -0.05) is 23.7 Å². The van der Waals surface area contributed by atoms with Gasteiger partial charge in [0.05, 0.1) is 11.5 Å². The number of carbonyl (C=O) groups is 3. The first-order valence-corrected chi connectivity index (χ1v) is 9.62. The molecule has 10 heteroatoms. The van der Waals surface area contributed by atoms with Crippen LogP contribution in [0.5, 0.6) is 0 Å². The molecule has 1 atom stereocenters. The molecule has 1 aliphatic heterocycles. The van der Waals surface area contributed by atoms with Gasteiger partial charge in [-0.2, -0.15) is 13.2 Å². The molecule has 2 amide bonds. The van der Waals surface area contributed by atoms with Gasteiger partial charge in [-0.05, 0) is 42.8 Å². The number of nitrogens with one attached hydrogen (secondary N) is 1. The zero-order chi connectivity index (χ0) is 22.8. The molecule has 0 aromatic heterocycles. The summed E-state index contributed by atoms with van der Waals surface area (Å²) in [5, 5.41) is 2.74. The van der Waals surface area contributed by atoms with Gasteiger partial charge in [-0.15, -0.1) is 0 Å². The molecule has 0 spiro atoms. The van der Waals surface area contributed by atoms with E-state index in [4.69, 9.17) is 16.3 Å². The summed E-state index contributed by atoms with van der Waals surface area (Å²) in [4.78, 5) is 37.9. The average molecular weight is 455 g/mol. The first kappa shape index (κ1) is 22.6. The van der Waals surface area contributed by atoms with Crippen LogP contribution in [0.25, 0.3) is 0 Å². The van der Waals surface area contributed by atoms with Crippen molar-refractivity contribution in [2.75, 3.05) is 23.4 Å². The van der Waals surface area contributed by atoms with E-state index in [0.29, 0.717) is 10.7 Å². The van der Waals surface area contributed by atoms with Crippen LogP contribution < -0.4 is 10.2 Å². The van der Waals surface area contributed by atoms with Gasteiger partial charge in [-0.3, -0.25) is 14.4 Å². The fourth-order valence-electron chi connectivity index (χ4n) is 3.09. The molecule has 1 fully saturated rings. The van der Waals surface area contributed by atoms with E-state index in [2.05, 4.69) is 5.32 Å². The summed E-state index contributed by atoms with van der Waals surface area (Å²) in [7, 11) is 0. The van der Waals surface area contributed by atoms with Gasteiger partial charge in [-0.25, -0.2) is 0 Å². The third-order valence-electron chi connectivity index (χ3n) is 4.74. The summed E-state index contributed by atoms with van der Waals surface area (Å²) < 4.78 is 43.2. The summed E-state index contributed by atoms with van der Waals surface area (Å²) in [6.45, 7) is 1.21. The van der Waals surface area contributed by atoms with Gasteiger partial charge in [0.2, 0.25) is 5.91 Å². The lowest BCUT2D eigenvalue weighted by atomic mass is 10.1. The summed E-state index contributed by atoms with van der Waals surface area (Å²) in [5.74, 6) is -2.59. The molecule has 2 aromatic carbocycles. The molecule has 3 rings (SSSR count). The monoisotopic (exact) mass is 454 g/mol. The van der Waals surface area contributed by atoms with Crippen molar-refractivity contribution in [2.24, 2.45) is 5.92 Å². The van der Waals surface area contributed by atoms with Gasteiger partial charge >= 0.3 is 12.1 Å². The second-order valence-corrected chi connectivity index (χ2v) is 7.48. The van der Waals surface area contributed by atoms with Crippen LogP contribution in [0.4, 0.5) is 24.5 Å². The number of anilines is 2. The second-order valence-electron chi connectivity index (χ2n) is 7.07. The number of amides is 2. The molecule has 1 heterocycles. The van der Waals surface area contributed by atoms with Crippen LogP contribution in [0, 0.1) is 12.8 Å². The Bertz CT molecular complexity index is 1030. The first-order chi connectivity index (χ1) is 14.5. The van der Waals surface area contributed by atoms with Gasteiger partial charge < -0.3 is 15.0 Å². The molecular formula is C21H18ClF3N2O4. The average Bonchev–Trinajstić information content (AvgIpc) is 3.09. The van der Waals surface area contributed by atoms with E-state index in [-0.39, 0.29) is 24.6 Å². The maximum atomic E-state index is 12.7. The van der Waals surface area contributed by atoms with Crippen LogP contribution in [0.1, 0.15) is 17.5 Å². The molecule has 164 valence electrons. The smallest absolute Gasteiger partial charge is 0.416 e. The highest BCUT2D eigenvalue weighted by Gasteiger charge is 2.36. The Morgan fingerprint density at radius 1 is 1.23 bits per heavy atom. The zero-order valence-corrected chi connectivity index (χ0v) is 17.1. The Morgan fingerprint density at radius 2 is 1.97 bits per heavy atom. The Kier molecular flexibility index (Phi) is 6.54.